The Morgan fingerprint density at radius 1 is 0.647 bits per heavy atom. The number of carbonyl (C=O) groups is 2. The zero-order valence-corrected chi connectivity index (χ0v) is 22.5. The SMILES string of the molecule is CCCCCCCCCC(=O)Oc1ccc(CC(C)C)cc1OC(=O)CCCCCCCCC. The fourth-order valence-electron chi connectivity index (χ4n) is 4.12. The van der Waals surface area contributed by atoms with Crippen molar-refractivity contribution in [1.29, 1.82) is 0 Å². The molecule has 0 aliphatic rings. The number of unbranched alkanes of at least 4 members (excludes halogenated alkanes) is 12. The summed E-state index contributed by atoms with van der Waals surface area (Å²) in [5.41, 5.74) is 1.08. The molecule has 194 valence electrons. The average Bonchev–Trinajstić information content (AvgIpc) is 2.79. The number of ether oxygens (including phenoxy) is 2. The maximum absolute atomic E-state index is 12.5. The molecule has 4 nitrogen and oxygen atoms in total. The standard InChI is InChI=1S/C30H50O4/c1-5-7-9-11-13-15-17-19-29(31)33-27-22-21-26(23-25(3)4)24-28(27)34-30(32)20-18-16-14-12-10-8-6-2/h21-22,24-25H,5-20,23H2,1-4H3. The molecular formula is C30H50O4. The summed E-state index contributed by atoms with van der Waals surface area (Å²) >= 11 is 0. The van der Waals surface area contributed by atoms with Crippen molar-refractivity contribution in [2.24, 2.45) is 5.92 Å². The summed E-state index contributed by atoms with van der Waals surface area (Å²) in [6, 6.07) is 5.60. The Morgan fingerprint density at radius 2 is 1.09 bits per heavy atom. The van der Waals surface area contributed by atoms with Crippen molar-refractivity contribution >= 4 is 11.9 Å². The molecule has 0 fully saturated rings. The van der Waals surface area contributed by atoms with Crippen LogP contribution in [0.15, 0.2) is 18.2 Å². The van der Waals surface area contributed by atoms with Gasteiger partial charge in [0.25, 0.3) is 0 Å². The summed E-state index contributed by atoms with van der Waals surface area (Å²) in [6.07, 6.45) is 17.9. The first-order valence-electron chi connectivity index (χ1n) is 14.0. The van der Waals surface area contributed by atoms with Gasteiger partial charge in [0.2, 0.25) is 0 Å². The summed E-state index contributed by atoms with van der Waals surface area (Å²) < 4.78 is 11.3. The summed E-state index contributed by atoms with van der Waals surface area (Å²) in [5, 5.41) is 0. The molecule has 0 bridgehead atoms. The molecule has 0 saturated heterocycles. The van der Waals surface area contributed by atoms with E-state index in [0.717, 1.165) is 37.7 Å². The number of hydrogen-bond donors (Lipinski definition) is 0. The first kappa shape index (κ1) is 30.2. The Morgan fingerprint density at radius 3 is 1.56 bits per heavy atom. The van der Waals surface area contributed by atoms with Crippen LogP contribution in [0, 0.1) is 5.92 Å². The average molecular weight is 475 g/mol. The minimum atomic E-state index is -0.255. The second-order valence-corrected chi connectivity index (χ2v) is 10.1. The maximum Gasteiger partial charge on any atom is 0.311 e. The molecule has 1 aromatic carbocycles. The van der Waals surface area contributed by atoms with Crippen molar-refractivity contribution in [1.82, 2.24) is 0 Å². The highest BCUT2D eigenvalue weighted by molar-refractivity contribution is 5.76. The molecule has 1 aromatic rings. The number of rotatable bonds is 20. The normalized spacial score (nSPS) is 11.1. The summed E-state index contributed by atoms with van der Waals surface area (Å²) in [7, 11) is 0. The van der Waals surface area contributed by atoms with Gasteiger partial charge in [-0.15, -0.1) is 0 Å². The van der Waals surface area contributed by atoms with Crippen LogP contribution in [0.3, 0.4) is 0 Å². The molecule has 0 radical (unpaired) electrons. The molecule has 0 atom stereocenters. The first-order chi connectivity index (χ1) is 16.5. The molecule has 0 aliphatic carbocycles. The van der Waals surface area contributed by atoms with E-state index in [4.69, 9.17) is 9.47 Å². The van der Waals surface area contributed by atoms with Gasteiger partial charge >= 0.3 is 11.9 Å². The van der Waals surface area contributed by atoms with Gasteiger partial charge in [-0.25, -0.2) is 0 Å². The zero-order chi connectivity index (χ0) is 25.0. The third kappa shape index (κ3) is 15.1. The topological polar surface area (TPSA) is 52.6 Å². The third-order valence-corrected chi connectivity index (χ3v) is 6.07. The highest BCUT2D eigenvalue weighted by atomic mass is 16.6. The van der Waals surface area contributed by atoms with Crippen LogP contribution in [-0.2, 0) is 16.0 Å². The number of carbonyl (C=O) groups excluding carboxylic acids is 2. The minimum absolute atomic E-state index is 0.250. The first-order valence-corrected chi connectivity index (χ1v) is 14.0. The number of esters is 2. The lowest BCUT2D eigenvalue weighted by atomic mass is 10.0. The lowest BCUT2D eigenvalue weighted by Crippen LogP contribution is -2.12. The largest absolute Gasteiger partial charge is 0.423 e. The van der Waals surface area contributed by atoms with Crippen LogP contribution in [-0.4, -0.2) is 11.9 Å². The van der Waals surface area contributed by atoms with Crippen molar-refractivity contribution < 1.29 is 19.1 Å². The Labute approximate surface area is 209 Å². The Bertz CT molecular complexity index is 680. The van der Waals surface area contributed by atoms with E-state index in [1.165, 1.54) is 64.2 Å². The van der Waals surface area contributed by atoms with Crippen molar-refractivity contribution in [3.05, 3.63) is 23.8 Å². The van der Waals surface area contributed by atoms with Crippen molar-refractivity contribution in [2.45, 2.75) is 137 Å². The van der Waals surface area contributed by atoms with Crippen molar-refractivity contribution in [3.63, 3.8) is 0 Å². The monoisotopic (exact) mass is 474 g/mol. The van der Waals surface area contributed by atoms with E-state index in [1.807, 2.05) is 12.1 Å². The molecule has 0 aromatic heterocycles. The van der Waals surface area contributed by atoms with E-state index in [-0.39, 0.29) is 11.9 Å². The van der Waals surface area contributed by atoms with Crippen LogP contribution >= 0.6 is 0 Å². The van der Waals surface area contributed by atoms with E-state index in [0.29, 0.717) is 30.3 Å². The van der Waals surface area contributed by atoms with Gasteiger partial charge in [0.1, 0.15) is 0 Å². The molecule has 34 heavy (non-hydrogen) atoms. The van der Waals surface area contributed by atoms with Crippen LogP contribution in [0.4, 0.5) is 0 Å². The molecule has 0 heterocycles. The van der Waals surface area contributed by atoms with Crippen molar-refractivity contribution in [2.75, 3.05) is 0 Å². The smallest absolute Gasteiger partial charge is 0.311 e. The Balaban J connectivity index is 2.55. The minimum Gasteiger partial charge on any atom is -0.423 e. The van der Waals surface area contributed by atoms with Gasteiger partial charge in [-0.1, -0.05) is 111 Å². The zero-order valence-electron chi connectivity index (χ0n) is 22.5. The molecule has 0 N–H and O–H groups in total. The van der Waals surface area contributed by atoms with Gasteiger partial charge < -0.3 is 9.47 Å². The van der Waals surface area contributed by atoms with E-state index in [2.05, 4.69) is 27.7 Å². The van der Waals surface area contributed by atoms with E-state index >= 15 is 0 Å². The molecule has 0 unspecified atom stereocenters. The van der Waals surface area contributed by atoms with E-state index in [1.54, 1.807) is 6.07 Å². The second-order valence-electron chi connectivity index (χ2n) is 10.1. The predicted molar refractivity (Wildman–Crippen MR) is 141 cm³/mol. The van der Waals surface area contributed by atoms with Crippen LogP contribution < -0.4 is 9.47 Å². The van der Waals surface area contributed by atoms with E-state index in [9.17, 15) is 9.59 Å². The van der Waals surface area contributed by atoms with Crippen LogP contribution in [0.5, 0.6) is 11.5 Å². The van der Waals surface area contributed by atoms with Gasteiger partial charge in [-0.2, -0.15) is 0 Å². The van der Waals surface area contributed by atoms with Crippen molar-refractivity contribution in [3.8, 4) is 11.5 Å². The lowest BCUT2D eigenvalue weighted by Gasteiger charge is -2.13. The van der Waals surface area contributed by atoms with Gasteiger partial charge in [0.05, 0.1) is 0 Å². The summed E-state index contributed by atoms with van der Waals surface area (Å²) in [5.74, 6) is 0.712. The summed E-state index contributed by atoms with van der Waals surface area (Å²) in [6.45, 7) is 8.74. The second kappa shape index (κ2) is 19.5. The van der Waals surface area contributed by atoms with Gasteiger partial charge in [-0.05, 0) is 42.9 Å². The highest BCUT2D eigenvalue weighted by Gasteiger charge is 2.15. The molecule has 0 aliphatic heterocycles. The third-order valence-electron chi connectivity index (χ3n) is 6.07. The quantitative estimate of drug-likeness (QED) is 0.107. The Kier molecular flexibility index (Phi) is 17.3. The number of benzene rings is 1. The summed E-state index contributed by atoms with van der Waals surface area (Å²) in [4.78, 5) is 24.9. The van der Waals surface area contributed by atoms with Crippen LogP contribution in [0.2, 0.25) is 0 Å². The fourth-order valence-corrected chi connectivity index (χ4v) is 4.12. The van der Waals surface area contributed by atoms with Gasteiger partial charge in [-0.3, -0.25) is 9.59 Å². The highest BCUT2D eigenvalue weighted by Crippen LogP contribution is 2.30. The fraction of sp³-hybridized carbons (Fsp3) is 0.733. The molecule has 0 saturated carbocycles. The molecular weight excluding hydrogens is 424 g/mol. The maximum atomic E-state index is 12.5. The van der Waals surface area contributed by atoms with Crippen LogP contribution in [0.25, 0.3) is 0 Å². The molecule has 4 heteroatoms. The predicted octanol–water partition coefficient (Wildman–Crippen LogP) is 8.98. The van der Waals surface area contributed by atoms with E-state index < -0.39 is 0 Å². The number of hydrogen-bond acceptors (Lipinski definition) is 4. The molecule has 0 amide bonds. The Hall–Kier alpha value is -1.84. The molecule has 0 spiro atoms. The molecule has 1 rings (SSSR count). The van der Waals surface area contributed by atoms with Gasteiger partial charge in [0, 0.05) is 12.8 Å². The van der Waals surface area contributed by atoms with Gasteiger partial charge in [0.15, 0.2) is 11.5 Å². The van der Waals surface area contributed by atoms with Crippen LogP contribution in [0.1, 0.15) is 136 Å². The lowest BCUT2D eigenvalue weighted by molar-refractivity contribution is -0.137.